The molecule has 111 heavy (non-hydrogen) atoms. The maximum absolute atomic E-state index is 13.0. The summed E-state index contributed by atoms with van der Waals surface area (Å²) in [4.78, 5) is 58.9. The van der Waals surface area contributed by atoms with E-state index in [4.69, 9.17) is 32.3 Å². The summed E-state index contributed by atoms with van der Waals surface area (Å²) in [7, 11) is -9.79. The number of aliphatic hydroxyl groups excluding tert-OH is 2. The second-order valence-corrected chi connectivity index (χ2v) is 33.7. The molecule has 5 unspecified atom stereocenters. The van der Waals surface area contributed by atoms with Crippen LogP contribution in [0.2, 0.25) is 0 Å². The van der Waals surface area contributed by atoms with Crippen LogP contribution in [0.4, 0.5) is 0 Å². The molecule has 0 aromatic heterocycles. The normalized spacial score (nSPS) is 14.3. The minimum absolute atomic E-state index is 0.109. The van der Waals surface area contributed by atoms with Crippen molar-refractivity contribution < 1.29 is 75.8 Å². The number of esters is 3. The molecule has 0 rings (SSSR count). The first-order chi connectivity index (χ1) is 54.2. The summed E-state index contributed by atoms with van der Waals surface area (Å²) < 4.78 is 61.4. The number of ether oxygens (including phenoxy) is 3. The third-order valence-electron chi connectivity index (χ3n) is 19.8. The standard InChI is InChI=1S/C93H168O16P2/c1-4-7-10-13-16-19-22-25-28-30-32-34-36-38-40-41-42-43-44-45-47-49-50-52-54-56-59-61-64-67-70-73-76-79-91(96)103-82-88(94)83-105-110(99,100)106-84-89(95)85-107-111(101,102)108-87-90(109-93(98)81-78-75-72-69-66-63-58-27-24-21-18-15-12-9-6-3)86-104-92(97)80-77-74-71-68-65-62-60-57-55-53-51-48-46-39-37-35-33-31-29-26-23-20-17-14-11-8-5-2/h16-17,19-20,25-26,28-29,32-35,38-40,46,88-90,94-95H,4-15,18,21-24,27,30-31,36-37,41-45,47-87H2,1-3H3,(H,99,100)(H,101,102)/b19-16-,20-17-,28-25-,29-26-,34-32-,35-33-,40-38-,46-39-. The number of hydrogen-bond donors (Lipinski definition) is 4. The molecule has 5 atom stereocenters. The molecule has 0 aromatic carbocycles. The van der Waals surface area contributed by atoms with Gasteiger partial charge in [0.2, 0.25) is 0 Å². The third kappa shape index (κ3) is 87.2. The smallest absolute Gasteiger partial charge is 0.463 e. The van der Waals surface area contributed by atoms with Gasteiger partial charge in [-0.15, -0.1) is 0 Å². The highest BCUT2D eigenvalue weighted by Gasteiger charge is 2.29. The zero-order valence-electron chi connectivity index (χ0n) is 71.1. The van der Waals surface area contributed by atoms with E-state index in [-0.39, 0.29) is 19.3 Å². The minimum atomic E-state index is -4.93. The van der Waals surface area contributed by atoms with E-state index < -0.39 is 91.5 Å². The zero-order valence-corrected chi connectivity index (χ0v) is 72.9. The molecule has 0 amide bonds. The largest absolute Gasteiger partial charge is 0.472 e. The fourth-order valence-electron chi connectivity index (χ4n) is 12.8. The van der Waals surface area contributed by atoms with Gasteiger partial charge < -0.3 is 34.2 Å². The quantitative estimate of drug-likeness (QED) is 0.0146. The first-order valence-corrected chi connectivity index (χ1v) is 48.5. The van der Waals surface area contributed by atoms with Crippen molar-refractivity contribution in [2.45, 2.75) is 437 Å². The number of allylic oxidation sites excluding steroid dienone is 16. The van der Waals surface area contributed by atoms with Gasteiger partial charge in [0.05, 0.1) is 26.4 Å². The highest BCUT2D eigenvalue weighted by Crippen LogP contribution is 2.45. The number of phosphoric acid groups is 2. The monoisotopic (exact) mass is 1600 g/mol. The van der Waals surface area contributed by atoms with Gasteiger partial charge in [0.25, 0.3) is 0 Å². The first-order valence-electron chi connectivity index (χ1n) is 45.5. The summed E-state index contributed by atoms with van der Waals surface area (Å²) in [6, 6.07) is 0. The summed E-state index contributed by atoms with van der Waals surface area (Å²) in [6.45, 7) is 2.71. The van der Waals surface area contributed by atoms with E-state index in [9.17, 15) is 43.5 Å². The molecule has 0 heterocycles. The lowest BCUT2D eigenvalue weighted by Crippen LogP contribution is -2.30. The Kier molecular flexibility index (Phi) is 83.1. The van der Waals surface area contributed by atoms with Gasteiger partial charge in [-0.3, -0.25) is 32.5 Å². The zero-order chi connectivity index (χ0) is 80.8. The van der Waals surface area contributed by atoms with Crippen LogP contribution in [0.1, 0.15) is 419 Å². The van der Waals surface area contributed by atoms with Gasteiger partial charge in [-0.2, -0.15) is 0 Å². The highest BCUT2D eigenvalue weighted by atomic mass is 31.2. The van der Waals surface area contributed by atoms with Crippen LogP contribution in [0, 0.1) is 0 Å². The van der Waals surface area contributed by atoms with Crippen molar-refractivity contribution in [1.82, 2.24) is 0 Å². The maximum atomic E-state index is 13.0. The number of phosphoric ester groups is 2. The van der Waals surface area contributed by atoms with E-state index in [2.05, 4.69) is 118 Å². The second-order valence-electron chi connectivity index (χ2n) is 30.8. The second kappa shape index (κ2) is 85.8. The number of hydrogen-bond acceptors (Lipinski definition) is 14. The lowest BCUT2D eigenvalue weighted by atomic mass is 10.0. The van der Waals surface area contributed by atoms with Crippen molar-refractivity contribution in [3.63, 3.8) is 0 Å². The van der Waals surface area contributed by atoms with Gasteiger partial charge in [-0.05, 0) is 109 Å². The van der Waals surface area contributed by atoms with Gasteiger partial charge in [0, 0.05) is 19.3 Å². The molecule has 0 radical (unpaired) electrons. The Morgan fingerprint density at radius 3 is 0.730 bits per heavy atom. The summed E-state index contributed by atoms with van der Waals surface area (Å²) in [6.07, 6.45) is 102. The summed E-state index contributed by atoms with van der Waals surface area (Å²) >= 11 is 0. The number of aliphatic hydroxyl groups is 2. The van der Waals surface area contributed by atoms with E-state index in [0.29, 0.717) is 19.3 Å². The molecule has 0 bridgehead atoms. The molecule has 0 saturated carbocycles. The summed E-state index contributed by atoms with van der Waals surface area (Å²) in [5.41, 5.74) is 0. The number of carbonyl (C=O) groups excluding carboxylic acids is 3. The SMILES string of the molecule is CCCCC/C=C\C/C=C\C/C=C\C/C=C\CCCCCCCCCCCCCCCCCCCC(=O)OCC(O)COP(=O)(O)OCC(O)COP(=O)(O)OCC(COC(=O)CCCCCCCCCCCCC/C=C\C/C=C\C/C=C\C/C=C\CCCCC)OC(=O)CCCCCCCCCCCCCCCCC. The van der Waals surface area contributed by atoms with Crippen LogP contribution < -0.4 is 0 Å². The van der Waals surface area contributed by atoms with Crippen molar-refractivity contribution in [2.75, 3.05) is 39.6 Å². The number of carbonyl (C=O) groups is 3. The Morgan fingerprint density at radius 2 is 0.450 bits per heavy atom. The van der Waals surface area contributed by atoms with Gasteiger partial charge in [0.15, 0.2) is 6.10 Å². The van der Waals surface area contributed by atoms with Crippen LogP contribution in [0.3, 0.4) is 0 Å². The lowest BCUT2D eigenvalue weighted by molar-refractivity contribution is -0.161. The molecule has 0 aliphatic heterocycles. The molecular formula is C93H168O16P2. The average molecular weight is 1600 g/mol. The fourth-order valence-corrected chi connectivity index (χ4v) is 14.4. The molecule has 0 spiro atoms. The molecule has 0 aliphatic carbocycles. The molecule has 0 aliphatic rings. The highest BCUT2D eigenvalue weighted by molar-refractivity contribution is 7.47. The number of unbranched alkanes of at least 4 members (excludes halogenated alkanes) is 48. The fraction of sp³-hybridized carbons (Fsp3) is 0.796. The van der Waals surface area contributed by atoms with E-state index in [1.807, 2.05) is 0 Å². The van der Waals surface area contributed by atoms with Crippen molar-refractivity contribution in [2.24, 2.45) is 0 Å². The van der Waals surface area contributed by atoms with E-state index >= 15 is 0 Å². The van der Waals surface area contributed by atoms with Gasteiger partial charge >= 0.3 is 33.6 Å². The van der Waals surface area contributed by atoms with Gasteiger partial charge in [0.1, 0.15) is 25.4 Å². The molecule has 0 saturated heterocycles. The molecule has 16 nitrogen and oxygen atoms in total. The predicted molar refractivity (Wildman–Crippen MR) is 464 cm³/mol. The molecule has 0 fully saturated rings. The topological polar surface area (TPSA) is 231 Å². The molecule has 18 heteroatoms. The molecular weight excluding hydrogens is 1430 g/mol. The van der Waals surface area contributed by atoms with E-state index in [1.54, 1.807) is 0 Å². The Labute approximate surface area is 679 Å². The third-order valence-corrected chi connectivity index (χ3v) is 21.7. The van der Waals surface area contributed by atoms with Crippen LogP contribution in [-0.4, -0.2) is 95.9 Å². The van der Waals surface area contributed by atoms with Gasteiger partial charge in [-0.1, -0.05) is 388 Å². The Morgan fingerprint density at radius 1 is 0.252 bits per heavy atom. The first kappa shape index (κ1) is 107. The minimum Gasteiger partial charge on any atom is -0.463 e. The van der Waals surface area contributed by atoms with Crippen molar-refractivity contribution >= 4 is 33.6 Å². The van der Waals surface area contributed by atoms with Crippen LogP contribution >= 0.6 is 15.6 Å². The van der Waals surface area contributed by atoms with Crippen LogP contribution in [0.15, 0.2) is 97.2 Å². The summed E-state index contributed by atoms with van der Waals surface area (Å²) in [5.74, 6) is -1.55. The summed E-state index contributed by atoms with van der Waals surface area (Å²) in [5, 5.41) is 20.7. The lowest BCUT2D eigenvalue weighted by Gasteiger charge is -2.21. The van der Waals surface area contributed by atoms with Crippen LogP contribution in [0.5, 0.6) is 0 Å². The van der Waals surface area contributed by atoms with Crippen molar-refractivity contribution in [1.29, 1.82) is 0 Å². The maximum Gasteiger partial charge on any atom is 0.472 e. The van der Waals surface area contributed by atoms with Crippen LogP contribution in [-0.2, 0) is 55.8 Å². The Bertz CT molecular complexity index is 2400. The molecule has 646 valence electrons. The van der Waals surface area contributed by atoms with E-state index in [0.717, 1.165) is 116 Å². The Hall–Kier alpha value is -3.53. The van der Waals surface area contributed by atoms with Crippen molar-refractivity contribution in [3.05, 3.63) is 97.2 Å². The Balaban J connectivity index is 4.44. The van der Waals surface area contributed by atoms with E-state index in [1.165, 1.54) is 244 Å². The average Bonchev–Trinajstić information content (AvgIpc) is 0.902. The van der Waals surface area contributed by atoms with Crippen molar-refractivity contribution in [3.8, 4) is 0 Å². The predicted octanol–water partition coefficient (Wildman–Crippen LogP) is 27.7. The van der Waals surface area contributed by atoms with Gasteiger partial charge in [-0.25, -0.2) is 9.13 Å². The molecule has 0 aromatic rings. The molecule has 4 N–H and O–H groups in total. The van der Waals surface area contributed by atoms with Crippen LogP contribution in [0.25, 0.3) is 0 Å². The number of rotatable bonds is 87.